The van der Waals surface area contributed by atoms with Crippen molar-refractivity contribution in [2.24, 2.45) is 16.0 Å². The third-order valence-corrected chi connectivity index (χ3v) is 6.36. The van der Waals surface area contributed by atoms with Crippen molar-refractivity contribution in [1.82, 2.24) is 4.98 Å². The zero-order valence-corrected chi connectivity index (χ0v) is 19.0. The summed E-state index contributed by atoms with van der Waals surface area (Å²) >= 11 is 2.20. The van der Waals surface area contributed by atoms with Gasteiger partial charge in [0.15, 0.2) is 10.1 Å². The minimum Gasteiger partial charge on any atom is -0.397 e. The number of carbonyl (C=O) groups is 2. The lowest BCUT2D eigenvalue weighted by Gasteiger charge is -2.05. The Kier molecular flexibility index (Phi) is 6.43. The number of primary amides is 1. The van der Waals surface area contributed by atoms with Gasteiger partial charge in [-0.2, -0.15) is 0 Å². The number of azo groups is 1. The maximum Gasteiger partial charge on any atom is 0.269 e. The average Bonchev–Trinajstić information content (AvgIpc) is 3.37. The molecule has 0 unspecified atom stereocenters. The van der Waals surface area contributed by atoms with Gasteiger partial charge in [0.1, 0.15) is 9.88 Å². The number of nitrogens with zero attached hydrogens (tertiary/aromatic N) is 3. The predicted molar refractivity (Wildman–Crippen MR) is 132 cm³/mol. The van der Waals surface area contributed by atoms with Crippen molar-refractivity contribution in [3.63, 3.8) is 0 Å². The zero-order chi connectivity index (χ0) is 23.4. The van der Waals surface area contributed by atoms with Crippen LogP contribution in [0.4, 0.5) is 32.2 Å². The second kappa shape index (κ2) is 9.59. The summed E-state index contributed by atoms with van der Waals surface area (Å²) in [4.78, 5) is 29.1. The summed E-state index contributed by atoms with van der Waals surface area (Å²) in [6.07, 6.45) is 1.51. The SMILES string of the molecule is Cc1ccc(N=Nc2cnc(NC(=O)c3sc(Nc4ccccc4)c(C(N)=O)c3N)s2)cc1. The molecule has 4 aromatic rings. The van der Waals surface area contributed by atoms with E-state index in [4.69, 9.17) is 11.5 Å². The fourth-order valence-corrected chi connectivity index (χ4v) is 4.52. The molecule has 0 saturated heterocycles. The number of hydrogen-bond acceptors (Lipinski definition) is 9. The molecule has 0 aliphatic carbocycles. The molecule has 9 nitrogen and oxygen atoms in total. The van der Waals surface area contributed by atoms with Gasteiger partial charge in [-0.3, -0.25) is 14.9 Å². The Bertz CT molecular complexity index is 1330. The summed E-state index contributed by atoms with van der Waals surface area (Å²) in [5.41, 5.74) is 14.3. The molecule has 6 N–H and O–H groups in total. The van der Waals surface area contributed by atoms with E-state index in [1.807, 2.05) is 61.5 Å². The molecule has 0 saturated carbocycles. The molecule has 11 heteroatoms. The van der Waals surface area contributed by atoms with Crippen LogP contribution in [0.5, 0.6) is 0 Å². The van der Waals surface area contributed by atoms with Crippen LogP contribution < -0.4 is 22.1 Å². The number of nitrogens with one attached hydrogen (secondary N) is 2. The maximum absolute atomic E-state index is 12.8. The Morgan fingerprint density at radius 3 is 2.42 bits per heavy atom. The van der Waals surface area contributed by atoms with Crippen LogP contribution in [0.15, 0.2) is 71.0 Å². The highest BCUT2D eigenvalue weighted by molar-refractivity contribution is 7.20. The fourth-order valence-electron chi connectivity index (χ4n) is 2.84. The number of nitrogens with two attached hydrogens (primary N) is 2. The van der Waals surface area contributed by atoms with Crippen LogP contribution in [-0.4, -0.2) is 16.8 Å². The van der Waals surface area contributed by atoms with Crippen molar-refractivity contribution in [3.8, 4) is 0 Å². The molecule has 0 bridgehead atoms. The van der Waals surface area contributed by atoms with E-state index >= 15 is 0 Å². The lowest BCUT2D eigenvalue weighted by atomic mass is 10.2. The topological polar surface area (TPSA) is 148 Å². The third-order valence-electron chi connectivity index (χ3n) is 4.44. The first-order chi connectivity index (χ1) is 15.9. The smallest absolute Gasteiger partial charge is 0.269 e. The number of carbonyl (C=O) groups excluding carboxylic acids is 2. The Morgan fingerprint density at radius 2 is 1.73 bits per heavy atom. The van der Waals surface area contributed by atoms with Gasteiger partial charge in [-0.15, -0.1) is 21.6 Å². The molecular weight excluding hydrogens is 458 g/mol. The van der Waals surface area contributed by atoms with Gasteiger partial charge in [0.25, 0.3) is 11.8 Å². The maximum atomic E-state index is 12.8. The standard InChI is InChI=1S/C22H19N7O2S2/c1-12-7-9-14(10-8-12)28-29-15-11-25-22(32-15)27-20(31)18-17(23)16(19(24)30)21(33-18)26-13-5-3-2-4-6-13/h2-11,26H,23H2,1H3,(H2,24,30)(H,25,27,31). The Morgan fingerprint density at radius 1 is 1.00 bits per heavy atom. The van der Waals surface area contributed by atoms with E-state index in [1.54, 1.807) is 0 Å². The summed E-state index contributed by atoms with van der Waals surface area (Å²) in [6, 6.07) is 16.8. The van der Waals surface area contributed by atoms with Gasteiger partial charge in [0.05, 0.1) is 23.1 Å². The van der Waals surface area contributed by atoms with Crippen LogP contribution in [0, 0.1) is 6.92 Å². The number of hydrogen-bond donors (Lipinski definition) is 4. The largest absolute Gasteiger partial charge is 0.397 e. The number of benzene rings is 2. The van der Waals surface area contributed by atoms with Crippen LogP contribution >= 0.6 is 22.7 Å². The fraction of sp³-hybridized carbons (Fsp3) is 0.0455. The number of para-hydroxylation sites is 1. The predicted octanol–water partition coefficient (Wildman–Crippen LogP) is 5.61. The van der Waals surface area contributed by atoms with E-state index < -0.39 is 11.8 Å². The summed E-state index contributed by atoms with van der Waals surface area (Å²) in [6.45, 7) is 1.99. The number of amides is 2. The number of rotatable bonds is 7. The Labute approximate surface area is 197 Å². The van der Waals surface area contributed by atoms with Crippen LogP contribution in [0.2, 0.25) is 0 Å². The Balaban J connectivity index is 1.51. The molecule has 2 aromatic carbocycles. The average molecular weight is 478 g/mol. The molecule has 0 spiro atoms. The number of aryl methyl sites for hydroxylation is 1. The lowest BCUT2D eigenvalue weighted by molar-refractivity contribution is 0.100. The van der Waals surface area contributed by atoms with Crippen molar-refractivity contribution in [3.05, 3.63) is 76.8 Å². The van der Waals surface area contributed by atoms with Crippen LogP contribution in [0.25, 0.3) is 0 Å². The van der Waals surface area contributed by atoms with Gasteiger partial charge in [0.2, 0.25) is 0 Å². The van der Waals surface area contributed by atoms with Gasteiger partial charge >= 0.3 is 0 Å². The number of aromatic nitrogens is 1. The molecule has 0 atom stereocenters. The van der Waals surface area contributed by atoms with Crippen molar-refractivity contribution in [1.29, 1.82) is 0 Å². The van der Waals surface area contributed by atoms with Crippen molar-refractivity contribution in [2.45, 2.75) is 6.92 Å². The molecule has 0 radical (unpaired) electrons. The minimum absolute atomic E-state index is 0.0132. The molecule has 2 aromatic heterocycles. The highest BCUT2D eigenvalue weighted by Gasteiger charge is 2.25. The molecule has 4 rings (SSSR count). The van der Waals surface area contributed by atoms with Crippen LogP contribution in [-0.2, 0) is 0 Å². The van der Waals surface area contributed by atoms with E-state index in [0.717, 1.165) is 33.9 Å². The van der Waals surface area contributed by atoms with E-state index in [1.165, 1.54) is 6.20 Å². The summed E-state index contributed by atoms with van der Waals surface area (Å²) in [5.74, 6) is -1.23. The first-order valence-corrected chi connectivity index (χ1v) is 11.3. The second-order valence-corrected chi connectivity index (χ2v) is 8.93. The van der Waals surface area contributed by atoms with Gasteiger partial charge in [-0.1, -0.05) is 47.2 Å². The third kappa shape index (κ3) is 5.22. The molecular formula is C22H19N7O2S2. The highest BCUT2D eigenvalue weighted by atomic mass is 32.1. The molecule has 2 heterocycles. The quantitative estimate of drug-likeness (QED) is 0.255. The zero-order valence-electron chi connectivity index (χ0n) is 17.4. The van der Waals surface area contributed by atoms with Gasteiger partial charge < -0.3 is 16.8 Å². The van der Waals surface area contributed by atoms with Gasteiger partial charge in [-0.05, 0) is 31.2 Å². The number of thiazole rings is 1. The van der Waals surface area contributed by atoms with E-state index in [0.29, 0.717) is 20.8 Å². The van der Waals surface area contributed by atoms with E-state index in [9.17, 15) is 9.59 Å². The summed E-state index contributed by atoms with van der Waals surface area (Å²) in [5, 5.41) is 15.3. The number of anilines is 4. The summed E-state index contributed by atoms with van der Waals surface area (Å²) in [7, 11) is 0. The van der Waals surface area contributed by atoms with Crippen molar-refractivity contribution >= 4 is 66.7 Å². The first-order valence-electron chi connectivity index (χ1n) is 9.70. The monoisotopic (exact) mass is 477 g/mol. The first kappa shape index (κ1) is 22.1. The second-order valence-electron chi connectivity index (χ2n) is 6.90. The molecule has 166 valence electrons. The highest BCUT2D eigenvalue weighted by Crippen LogP contribution is 2.38. The molecule has 0 fully saturated rings. The van der Waals surface area contributed by atoms with Crippen molar-refractivity contribution < 1.29 is 9.59 Å². The molecule has 0 aliphatic rings. The normalized spacial score (nSPS) is 10.9. The van der Waals surface area contributed by atoms with E-state index in [2.05, 4.69) is 25.8 Å². The van der Waals surface area contributed by atoms with E-state index in [-0.39, 0.29) is 16.1 Å². The van der Waals surface area contributed by atoms with Crippen molar-refractivity contribution in [2.75, 3.05) is 16.4 Å². The van der Waals surface area contributed by atoms with Gasteiger partial charge in [-0.25, -0.2) is 4.98 Å². The number of thiophene rings is 1. The van der Waals surface area contributed by atoms with Crippen LogP contribution in [0.1, 0.15) is 25.6 Å². The van der Waals surface area contributed by atoms with Crippen LogP contribution in [0.3, 0.4) is 0 Å². The lowest BCUT2D eigenvalue weighted by Crippen LogP contribution is -2.16. The number of nitrogen functional groups attached to an aromatic ring is 1. The minimum atomic E-state index is -0.728. The van der Waals surface area contributed by atoms with Gasteiger partial charge in [0, 0.05) is 5.69 Å². The molecule has 2 amide bonds. The summed E-state index contributed by atoms with van der Waals surface area (Å²) < 4.78 is 0. The molecule has 0 aliphatic heterocycles. The molecule has 33 heavy (non-hydrogen) atoms. The Hall–Kier alpha value is -4.09.